The lowest BCUT2D eigenvalue weighted by atomic mass is 10.2. The van der Waals surface area contributed by atoms with Crippen molar-refractivity contribution in [2.45, 2.75) is 26.1 Å². The first-order valence-corrected chi connectivity index (χ1v) is 9.67. The summed E-state index contributed by atoms with van der Waals surface area (Å²) in [6.07, 6.45) is -0.411. The van der Waals surface area contributed by atoms with Gasteiger partial charge in [-0.2, -0.15) is 13.2 Å². The molecule has 0 saturated carbocycles. The van der Waals surface area contributed by atoms with Crippen molar-refractivity contribution in [1.82, 2.24) is 4.57 Å². The minimum Gasteiger partial charge on any atom is -0.469 e. The number of halogens is 3. The molecule has 0 spiro atoms. The number of alkyl halides is 3. The van der Waals surface area contributed by atoms with Crippen LogP contribution in [0.15, 0.2) is 84.2 Å². The SMILES string of the molecule is COC(=O)C/C(=C\C=C(/C)C(F)(F)F)Nc1ccc2c(ccn2Cc2ccccc2)c1. The number of benzene rings is 2. The molecule has 1 heterocycles. The quantitative estimate of drug-likeness (QED) is 0.368. The number of carbonyl (C=O) groups is 1. The van der Waals surface area contributed by atoms with E-state index in [-0.39, 0.29) is 6.42 Å². The molecular weight excluding hydrogens is 405 g/mol. The van der Waals surface area contributed by atoms with Gasteiger partial charge in [-0.25, -0.2) is 0 Å². The molecular formula is C24H23F3N2O2. The van der Waals surface area contributed by atoms with Crippen LogP contribution in [0.1, 0.15) is 18.9 Å². The highest BCUT2D eigenvalue weighted by molar-refractivity contribution is 5.84. The number of nitrogens with one attached hydrogen (secondary N) is 1. The number of esters is 1. The summed E-state index contributed by atoms with van der Waals surface area (Å²) in [6.45, 7) is 1.71. The summed E-state index contributed by atoms with van der Waals surface area (Å²) in [5.74, 6) is -0.549. The van der Waals surface area contributed by atoms with Crippen LogP contribution >= 0.6 is 0 Å². The van der Waals surface area contributed by atoms with Crippen molar-refractivity contribution in [3.63, 3.8) is 0 Å². The smallest absolute Gasteiger partial charge is 0.412 e. The van der Waals surface area contributed by atoms with Crippen molar-refractivity contribution < 1.29 is 22.7 Å². The van der Waals surface area contributed by atoms with Gasteiger partial charge in [-0.3, -0.25) is 4.79 Å². The van der Waals surface area contributed by atoms with Crippen LogP contribution in [-0.2, 0) is 16.1 Å². The third-order valence-electron chi connectivity index (χ3n) is 4.82. The molecule has 0 radical (unpaired) electrons. The van der Waals surface area contributed by atoms with Gasteiger partial charge in [-0.05, 0) is 42.8 Å². The molecule has 162 valence electrons. The fraction of sp³-hybridized carbons (Fsp3) is 0.208. The summed E-state index contributed by atoms with van der Waals surface area (Å²) in [4.78, 5) is 11.7. The number of rotatable bonds is 7. The summed E-state index contributed by atoms with van der Waals surface area (Å²) < 4.78 is 45.1. The van der Waals surface area contributed by atoms with E-state index in [1.165, 1.54) is 18.7 Å². The highest BCUT2D eigenvalue weighted by Crippen LogP contribution is 2.26. The van der Waals surface area contributed by atoms with E-state index in [1.807, 2.05) is 48.7 Å². The Morgan fingerprint density at radius 3 is 2.52 bits per heavy atom. The Morgan fingerprint density at radius 2 is 1.84 bits per heavy atom. The van der Waals surface area contributed by atoms with Gasteiger partial charge in [0.1, 0.15) is 0 Å². The lowest BCUT2D eigenvalue weighted by Crippen LogP contribution is -2.10. The van der Waals surface area contributed by atoms with Crippen LogP contribution in [0.5, 0.6) is 0 Å². The lowest BCUT2D eigenvalue weighted by molar-refractivity contribution is -0.139. The molecule has 0 aliphatic carbocycles. The Morgan fingerprint density at radius 1 is 1.10 bits per heavy atom. The van der Waals surface area contributed by atoms with Gasteiger partial charge in [0.15, 0.2) is 0 Å². The summed E-state index contributed by atoms with van der Waals surface area (Å²) >= 11 is 0. The third kappa shape index (κ3) is 6.01. The minimum absolute atomic E-state index is 0.175. The molecule has 0 unspecified atom stereocenters. The number of aromatic nitrogens is 1. The maximum atomic E-state index is 12.8. The van der Waals surface area contributed by atoms with Gasteiger partial charge < -0.3 is 14.6 Å². The molecule has 31 heavy (non-hydrogen) atoms. The molecule has 0 bridgehead atoms. The first-order valence-electron chi connectivity index (χ1n) is 9.67. The van der Waals surface area contributed by atoms with E-state index < -0.39 is 17.7 Å². The van der Waals surface area contributed by atoms with Gasteiger partial charge in [0.05, 0.1) is 13.5 Å². The Labute approximate surface area is 178 Å². The molecule has 0 aliphatic heterocycles. The van der Waals surface area contributed by atoms with Crippen LogP contribution in [0.25, 0.3) is 10.9 Å². The Hall–Kier alpha value is -3.48. The molecule has 3 rings (SSSR count). The lowest BCUT2D eigenvalue weighted by Gasteiger charge is -2.12. The van der Waals surface area contributed by atoms with E-state index in [4.69, 9.17) is 0 Å². The summed E-state index contributed by atoms with van der Waals surface area (Å²) in [7, 11) is 1.23. The number of methoxy groups -OCH3 is 1. The number of fused-ring (bicyclic) bond motifs is 1. The van der Waals surface area contributed by atoms with Crippen LogP contribution in [-0.4, -0.2) is 23.8 Å². The summed E-state index contributed by atoms with van der Waals surface area (Å²) in [5, 5.41) is 4.01. The van der Waals surface area contributed by atoms with Gasteiger partial charge in [0.2, 0.25) is 0 Å². The average molecular weight is 428 g/mol. The van der Waals surface area contributed by atoms with Crippen LogP contribution in [0, 0.1) is 0 Å². The van der Waals surface area contributed by atoms with E-state index in [9.17, 15) is 18.0 Å². The van der Waals surface area contributed by atoms with E-state index in [2.05, 4.69) is 26.8 Å². The van der Waals surface area contributed by atoms with E-state index >= 15 is 0 Å². The summed E-state index contributed by atoms with van der Waals surface area (Å²) in [6, 6.07) is 17.7. The second-order valence-corrected chi connectivity index (χ2v) is 7.12. The molecule has 0 fully saturated rings. The zero-order chi connectivity index (χ0) is 22.4. The summed E-state index contributed by atoms with van der Waals surface area (Å²) in [5.41, 5.74) is 2.42. The highest BCUT2D eigenvalue weighted by atomic mass is 19.4. The number of anilines is 1. The normalized spacial score (nSPS) is 12.8. The predicted molar refractivity (Wildman–Crippen MR) is 116 cm³/mol. The Bertz CT molecular complexity index is 1110. The van der Waals surface area contributed by atoms with Crippen LogP contribution in [0.3, 0.4) is 0 Å². The van der Waals surface area contributed by atoms with Crippen LogP contribution in [0.2, 0.25) is 0 Å². The molecule has 2 aromatic carbocycles. The molecule has 0 aliphatic rings. The van der Waals surface area contributed by atoms with Gasteiger partial charge in [0, 0.05) is 40.6 Å². The number of allylic oxidation sites excluding steroid dienone is 3. The number of nitrogens with zero attached hydrogens (tertiary/aromatic N) is 1. The topological polar surface area (TPSA) is 43.3 Å². The number of ether oxygens (including phenoxy) is 1. The first kappa shape index (κ1) is 22.2. The fourth-order valence-corrected chi connectivity index (χ4v) is 3.07. The largest absolute Gasteiger partial charge is 0.469 e. The molecule has 0 atom stereocenters. The highest BCUT2D eigenvalue weighted by Gasteiger charge is 2.29. The second kappa shape index (κ2) is 9.55. The van der Waals surface area contributed by atoms with Gasteiger partial charge in [0.25, 0.3) is 0 Å². The average Bonchev–Trinajstić information content (AvgIpc) is 3.13. The van der Waals surface area contributed by atoms with Gasteiger partial charge >= 0.3 is 12.1 Å². The molecule has 1 N–H and O–H groups in total. The Balaban J connectivity index is 1.84. The maximum absolute atomic E-state index is 12.8. The zero-order valence-electron chi connectivity index (χ0n) is 17.2. The van der Waals surface area contributed by atoms with Crippen LogP contribution < -0.4 is 5.32 Å². The van der Waals surface area contributed by atoms with E-state index in [0.717, 1.165) is 30.4 Å². The standard InChI is InChI=1S/C24H23F3N2O2/c1-17(24(25,26)27)8-9-21(15-23(30)31-2)28-20-10-11-22-19(14-20)12-13-29(22)16-18-6-4-3-5-7-18/h3-14,28H,15-16H2,1-2H3/b17-8+,21-9+. The van der Waals surface area contributed by atoms with Crippen molar-refractivity contribution in [3.05, 3.63) is 89.8 Å². The van der Waals surface area contributed by atoms with Crippen molar-refractivity contribution >= 4 is 22.6 Å². The van der Waals surface area contributed by atoms with Crippen molar-refractivity contribution in [1.29, 1.82) is 0 Å². The van der Waals surface area contributed by atoms with Gasteiger partial charge in [-0.1, -0.05) is 36.4 Å². The third-order valence-corrected chi connectivity index (χ3v) is 4.82. The predicted octanol–water partition coefficient (Wildman–Crippen LogP) is 6.06. The Kier molecular flexibility index (Phi) is 6.84. The number of hydrogen-bond acceptors (Lipinski definition) is 3. The van der Waals surface area contributed by atoms with Crippen LogP contribution in [0.4, 0.5) is 18.9 Å². The van der Waals surface area contributed by atoms with Crippen molar-refractivity contribution in [2.24, 2.45) is 0 Å². The van der Waals surface area contributed by atoms with Crippen molar-refractivity contribution in [2.75, 3.05) is 12.4 Å². The molecule has 0 amide bonds. The first-order chi connectivity index (χ1) is 14.8. The fourth-order valence-electron chi connectivity index (χ4n) is 3.07. The molecule has 4 nitrogen and oxygen atoms in total. The second-order valence-electron chi connectivity index (χ2n) is 7.12. The molecule has 1 aromatic heterocycles. The number of hydrogen-bond donors (Lipinski definition) is 1. The molecule has 3 aromatic rings. The van der Waals surface area contributed by atoms with Gasteiger partial charge in [-0.15, -0.1) is 0 Å². The number of carbonyl (C=O) groups excluding carboxylic acids is 1. The van der Waals surface area contributed by atoms with E-state index in [1.54, 1.807) is 0 Å². The van der Waals surface area contributed by atoms with Crippen molar-refractivity contribution in [3.8, 4) is 0 Å². The van der Waals surface area contributed by atoms with E-state index in [0.29, 0.717) is 11.4 Å². The monoisotopic (exact) mass is 428 g/mol. The molecule has 7 heteroatoms. The minimum atomic E-state index is -4.42. The zero-order valence-corrected chi connectivity index (χ0v) is 17.2. The molecule has 0 saturated heterocycles. The maximum Gasteiger partial charge on any atom is 0.412 e.